The molecular weight excluding hydrogens is 192 g/mol. The number of rotatable bonds is 5. The van der Waals surface area contributed by atoms with Crippen molar-refractivity contribution < 1.29 is 14.6 Å². The first-order chi connectivity index (χ1) is 7.11. The van der Waals surface area contributed by atoms with Crippen molar-refractivity contribution in [3.05, 3.63) is 29.8 Å². The highest BCUT2D eigenvalue weighted by molar-refractivity contribution is 5.67. The number of ether oxygens (including phenoxy) is 1. The first kappa shape index (κ1) is 11.6. The van der Waals surface area contributed by atoms with Gasteiger partial charge < -0.3 is 9.84 Å². The third kappa shape index (κ3) is 4.02. The van der Waals surface area contributed by atoms with Crippen LogP contribution >= 0.6 is 0 Å². The average Bonchev–Trinajstić information content (AvgIpc) is 2.16. The molecule has 3 heteroatoms. The minimum atomic E-state index is -0.745. The molecule has 0 heterocycles. The zero-order chi connectivity index (χ0) is 11.3. The quantitative estimate of drug-likeness (QED) is 0.807. The number of carboxylic acid groups (broad SMARTS) is 1. The van der Waals surface area contributed by atoms with Crippen molar-refractivity contribution in [1.29, 1.82) is 0 Å². The highest BCUT2D eigenvalue weighted by Gasteiger charge is 2.08. The van der Waals surface area contributed by atoms with Gasteiger partial charge in [-0.2, -0.15) is 0 Å². The second-order valence-electron chi connectivity index (χ2n) is 3.76. The summed E-state index contributed by atoms with van der Waals surface area (Å²) in [5.74, 6) is 0.218. The van der Waals surface area contributed by atoms with E-state index in [9.17, 15) is 4.79 Å². The van der Waals surface area contributed by atoms with Crippen LogP contribution in [0.2, 0.25) is 0 Å². The fraction of sp³-hybridized carbons (Fsp3) is 0.417. The van der Waals surface area contributed by atoms with Crippen LogP contribution in [0.1, 0.15) is 18.9 Å². The number of hydrogen-bond acceptors (Lipinski definition) is 2. The Kier molecular flexibility index (Phi) is 4.16. The zero-order valence-corrected chi connectivity index (χ0v) is 9.06. The van der Waals surface area contributed by atoms with Gasteiger partial charge in [-0.05, 0) is 30.0 Å². The number of carboxylic acids is 1. The maximum atomic E-state index is 10.5. The van der Waals surface area contributed by atoms with E-state index in [1.165, 1.54) is 0 Å². The molecular formula is C12H16O3. The first-order valence-corrected chi connectivity index (χ1v) is 4.96. The zero-order valence-electron chi connectivity index (χ0n) is 9.06. The molecule has 0 fully saturated rings. The predicted molar refractivity (Wildman–Crippen MR) is 58.1 cm³/mol. The van der Waals surface area contributed by atoms with Crippen LogP contribution in [-0.4, -0.2) is 18.2 Å². The molecule has 0 aliphatic carbocycles. The van der Waals surface area contributed by atoms with Gasteiger partial charge in [0.25, 0.3) is 0 Å². The van der Waals surface area contributed by atoms with Crippen LogP contribution in [0.3, 0.4) is 0 Å². The van der Waals surface area contributed by atoms with Gasteiger partial charge in [0.15, 0.2) is 0 Å². The lowest BCUT2D eigenvalue weighted by atomic mass is 9.98. The molecule has 0 aliphatic rings. The minimum Gasteiger partial charge on any atom is -0.497 e. The SMILES string of the molecule is COc1cccc(C[C@@H](C)CC(=O)O)c1. The Hall–Kier alpha value is -1.51. The largest absolute Gasteiger partial charge is 0.497 e. The molecule has 3 nitrogen and oxygen atoms in total. The molecule has 1 N–H and O–H groups in total. The highest BCUT2D eigenvalue weighted by Crippen LogP contribution is 2.17. The molecule has 0 aromatic heterocycles. The van der Waals surface area contributed by atoms with Crippen LogP contribution in [0.4, 0.5) is 0 Å². The summed E-state index contributed by atoms with van der Waals surface area (Å²) in [6, 6.07) is 7.73. The van der Waals surface area contributed by atoms with E-state index < -0.39 is 5.97 Å². The molecule has 1 aromatic carbocycles. The Morgan fingerprint density at radius 3 is 2.87 bits per heavy atom. The van der Waals surface area contributed by atoms with E-state index in [1.54, 1.807) is 7.11 Å². The van der Waals surface area contributed by atoms with Crippen molar-refractivity contribution in [3.8, 4) is 5.75 Å². The molecule has 0 radical (unpaired) electrons. The fourth-order valence-corrected chi connectivity index (χ4v) is 1.57. The Labute approximate surface area is 89.7 Å². The van der Waals surface area contributed by atoms with Gasteiger partial charge in [-0.3, -0.25) is 4.79 Å². The smallest absolute Gasteiger partial charge is 0.303 e. The lowest BCUT2D eigenvalue weighted by Gasteiger charge is -2.09. The van der Waals surface area contributed by atoms with E-state index in [1.807, 2.05) is 31.2 Å². The van der Waals surface area contributed by atoms with Gasteiger partial charge in [0, 0.05) is 6.42 Å². The van der Waals surface area contributed by atoms with E-state index in [0.717, 1.165) is 17.7 Å². The van der Waals surface area contributed by atoms with Crippen molar-refractivity contribution in [1.82, 2.24) is 0 Å². The summed E-state index contributed by atoms with van der Waals surface area (Å²) >= 11 is 0. The average molecular weight is 208 g/mol. The van der Waals surface area contributed by atoms with Gasteiger partial charge in [-0.1, -0.05) is 19.1 Å². The van der Waals surface area contributed by atoms with Crippen molar-refractivity contribution in [3.63, 3.8) is 0 Å². The van der Waals surface area contributed by atoms with E-state index in [4.69, 9.17) is 9.84 Å². The third-order valence-electron chi connectivity index (χ3n) is 2.24. The molecule has 15 heavy (non-hydrogen) atoms. The van der Waals surface area contributed by atoms with E-state index in [0.29, 0.717) is 0 Å². The summed E-state index contributed by atoms with van der Waals surface area (Å²) in [5.41, 5.74) is 1.11. The van der Waals surface area contributed by atoms with Gasteiger partial charge in [0.05, 0.1) is 7.11 Å². The Balaban J connectivity index is 2.59. The number of hydrogen-bond donors (Lipinski definition) is 1. The molecule has 1 atom stereocenters. The molecule has 0 saturated carbocycles. The Bertz CT molecular complexity index is 333. The molecule has 1 aromatic rings. The van der Waals surface area contributed by atoms with Gasteiger partial charge in [0.1, 0.15) is 5.75 Å². The molecule has 0 bridgehead atoms. The van der Waals surface area contributed by atoms with Crippen LogP contribution in [-0.2, 0) is 11.2 Å². The topological polar surface area (TPSA) is 46.5 Å². The lowest BCUT2D eigenvalue weighted by molar-refractivity contribution is -0.137. The number of aliphatic carboxylic acids is 1. The fourth-order valence-electron chi connectivity index (χ4n) is 1.57. The maximum absolute atomic E-state index is 10.5. The minimum absolute atomic E-state index is 0.148. The standard InChI is InChI=1S/C12H16O3/c1-9(7-12(13)14)6-10-4-3-5-11(8-10)15-2/h3-5,8-9H,6-7H2,1-2H3,(H,13,14)/t9-/m1/s1. The summed E-state index contributed by atoms with van der Waals surface area (Å²) in [6.45, 7) is 1.94. The Morgan fingerprint density at radius 1 is 1.53 bits per heavy atom. The van der Waals surface area contributed by atoms with Crippen LogP contribution in [0, 0.1) is 5.92 Å². The van der Waals surface area contributed by atoms with Crippen molar-refractivity contribution >= 4 is 5.97 Å². The molecule has 0 aliphatic heterocycles. The van der Waals surface area contributed by atoms with E-state index in [2.05, 4.69) is 0 Å². The van der Waals surface area contributed by atoms with Gasteiger partial charge in [-0.25, -0.2) is 0 Å². The third-order valence-corrected chi connectivity index (χ3v) is 2.24. The molecule has 0 saturated heterocycles. The number of methoxy groups -OCH3 is 1. The summed E-state index contributed by atoms with van der Waals surface area (Å²) < 4.78 is 5.10. The monoisotopic (exact) mass is 208 g/mol. The van der Waals surface area contributed by atoms with E-state index >= 15 is 0 Å². The number of carbonyl (C=O) groups is 1. The number of benzene rings is 1. The van der Waals surface area contributed by atoms with E-state index in [-0.39, 0.29) is 12.3 Å². The molecule has 0 amide bonds. The van der Waals surface area contributed by atoms with Crippen LogP contribution < -0.4 is 4.74 Å². The molecule has 0 unspecified atom stereocenters. The lowest BCUT2D eigenvalue weighted by Crippen LogP contribution is -2.06. The van der Waals surface area contributed by atoms with Crippen molar-refractivity contribution in [2.24, 2.45) is 5.92 Å². The van der Waals surface area contributed by atoms with Gasteiger partial charge >= 0.3 is 5.97 Å². The summed E-state index contributed by atoms with van der Waals surface area (Å²) in [5, 5.41) is 8.64. The van der Waals surface area contributed by atoms with Crippen LogP contribution in [0.15, 0.2) is 24.3 Å². The van der Waals surface area contributed by atoms with Crippen LogP contribution in [0.5, 0.6) is 5.75 Å². The highest BCUT2D eigenvalue weighted by atomic mass is 16.5. The van der Waals surface area contributed by atoms with Gasteiger partial charge in [-0.15, -0.1) is 0 Å². The van der Waals surface area contributed by atoms with Crippen molar-refractivity contribution in [2.45, 2.75) is 19.8 Å². The molecule has 1 rings (SSSR count). The van der Waals surface area contributed by atoms with Crippen molar-refractivity contribution in [2.75, 3.05) is 7.11 Å². The second-order valence-corrected chi connectivity index (χ2v) is 3.76. The van der Waals surface area contributed by atoms with Gasteiger partial charge in [0.2, 0.25) is 0 Å². The van der Waals surface area contributed by atoms with Crippen LogP contribution in [0.25, 0.3) is 0 Å². The summed E-state index contributed by atoms with van der Waals surface area (Å²) in [4.78, 5) is 10.5. The second kappa shape index (κ2) is 5.39. The normalized spacial score (nSPS) is 12.1. The predicted octanol–water partition coefficient (Wildman–Crippen LogP) is 2.35. The Morgan fingerprint density at radius 2 is 2.27 bits per heavy atom. The molecule has 82 valence electrons. The first-order valence-electron chi connectivity index (χ1n) is 4.96. The molecule has 0 spiro atoms. The summed E-state index contributed by atoms with van der Waals surface area (Å²) in [6.07, 6.45) is 0.973. The summed E-state index contributed by atoms with van der Waals surface area (Å²) in [7, 11) is 1.62. The maximum Gasteiger partial charge on any atom is 0.303 e.